The van der Waals surface area contributed by atoms with Crippen molar-refractivity contribution in [3.05, 3.63) is 44.3 Å². The molecule has 0 aliphatic carbocycles. The Hall–Kier alpha value is -1.50. The SMILES string of the molecule is Cc1cscc1C(=O)N1CCOC[C@@H]1CC(=O)c1cccs1. The van der Waals surface area contributed by atoms with Crippen LogP contribution in [-0.2, 0) is 4.74 Å². The molecule has 3 heterocycles. The van der Waals surface area contributed by atoms with Crippen molar-refractivity contribution in [3.63, 3.8) is 0 Å². The van der Waals surface area contributed by atoms with Crippen LogP contribution in [0.4, 0.5) is 0 Å². The molecule has 0 radical (unpaired) electrons. The molecular formula is C16H17NO3S2. The largest absolute Gasteiger partial charge is 0.377 e. The van der Waals surface area contributed by atoms with Crippen molar-refractivity contribution < 1.29 is 14.3 Å². The molecule has 1 atom stereocenters. The lowest BCUT2D eigenvalue weighted by Crippen LogP contribution is -2.49. The third-order valence-corrected chi connectivity index (χ3v) is 5.56. The lowest BCUT2D eigenvalue weighted by molar-refractivity contribution is -0.00277. The minimum atomic E-state index is -0.185. The second-order valence-electron chi connectivity index (χ2n) is 5.30. The van der Waals surface area contributed by atoms with Gasteiger partial charge in [0.05, 0.1) is 29.7 Å². The number of hydrogen-bond acceptors (Lipinski definition) is 5. The molecule has 1 fully saturated rings. The van der Waals surface area contributed by atoms with Crippen LogP contribution in [0.3, 0.4) is 0 Å². The Morgan fingerprint density at radius 3 is 2.95 bits per heavy atom. The maximum absolute atomic E-state index is 12.7. The maximum Gasteiger partial charge on any atom is 0.255 e. The summed E-state index contributed by atoms with van der Waals surface area (Å²) in [5.74, 6) is 0.0800. The number of morpholine rings is 1. The van der Waals surface area contributed by atoms with E-state index in [4.69, 9.17) is 4.74 Å². The molecule has 0 bridgehead atoms. The summed E-state index contributed by atoms with van der Waals surface area (Å²) < 4.78 is 5.49. The average molecular weight is 335 g/mol. The zero-order valence-corrected chi connectivity index (χ0v) is 13.9. The summed E-state index contributed by atoms with van der Waals surface area (Å²) >= 11 is 2.96. The molecule has 1 saturated heterocycles. The number of amides is 1. The lowest BCUT2D eigenvalue weighted by Gasteiger charge is -2.35. The van der Waals surface area contributed by atoms with E-state index in [2.05, 4.69) is 0 Å². The Morgan fingerprint density at radius 1 is 1.41 bits per heavy atom. The third kappa shape index (κ3) is 3.14. The number of ether oxygens (including phenoxy) is 1. The van der Waals surface area contributed by atoms with Gasteiger partial charge in [0.25, 0.3) is 5.91 Å². The summed E-state index contributed by atoms with van der Waals surface area (Å²) in [5, 5.41) is 5.74. The van der Waals surface area contributed by atoms with Crippen molar-refractivity contribution in [1.29, 1.82) is 0 Å². The molecule has 2 aromatic rings. The summed E-state index contributed by atoms with van der Waals surface area (Å²) in [7, 11) is 0. The fourth-order valence-electron chi connectivity index (χ4n) is 2.58. The molecule has 22 heavy (non-hydrogen) atoms. The minimum Gasteiger partial charge on any atom is -0.377 e. The number of thiophene rings is 2. The van der Waals surface area contributed by atoms with Gasteiger partial charge < -0.3 is 9.64 Å². The summed E-state index contributed by atoms with van der Waals surface area (Å²) in [6, 6.07) is 3.51. The second kappa shape index (κ2) is 6.73. The van der Waals surface area contributed by atoms with E-state index < -0.39 is 0 Å². The van der Waals surface area contributed by atoms with E-state index in [9.17, 15) is 9.59 Å². The molecule has 6 heteroatoms. The molecule has 0 spiro atoms. The predicted molar refractivity (Wildman–Crippen MR) is 88.0 cm³/mol. The highest BCUT2D eigenvalue weighted by Gasteiger charge is 2.31. The predicted octanol–water partition coefficient (Wildman–Crippen LogP) is 3.23. The van der Waals surface area contributed by atoms with E-state index in [0.717, 1.165) is 16.0 Å². The molecule has 0 aromatic carbocycles. The summed E-state index contributed by atoms with van der Waals surface area (Å²) in [6.45, 7) is 3.43. The van der Waals surface area contributed by atoms with Crippen LogP contribution >= 0.6 is 22.7 Å². The van der Waals surface area contributed by atoms with Gasteiger partial charge in [-0.05, 0) is 29.3 Å². The van der Waals surface area contributed by atoms with E-state index in [1.807, 2.05) is 35.2 Å². The molecular weight excluding hydrogens is 318 g/mol. The summed E-state index contributed by atoms with van der Waals surface area (Å²) in [4.78, 5) is 27.6. The molecule has 0 unspecified atom stereocenters. The first-order valence-corrected chi connectivity index (χ1v) is 8.97. The fourth-order valence-corrected chi connectivity index (χ4v) is 4.08. The fraction of sp³-hybridized carbons (Fsp3) is 0.375. The van der Waals surface area contributed by atoms with E-state index in [1.165, 1.54) is 22.7 Å². The van der Waals surface area contributed by atoms with Crippen LogP contribution in [-0.4, -0.2) is 42.4 Å². The molecule has 3 rings (SSSR count). The molecule has 4 nitrogen and oxygen atoms in total. The summed E-state index contributed by atoms with van der Waals surface area (Å²) in [5.41, 5.74) is 1.73. The van der Waals surface area contributed by atoms with Gasteiger partial charge in [-0.1, -0.05) is 6.07 Å². The monoisotopic (exact) mass is 335 g/mol. The van der Waals surface area contributed by atoms with Crippen LogP contribution in [0, 0.1) is 6.92 Å². The maximum atomic E-state index is 12.7. The Labute approximate surface area is 137 Å². The van der Waals surface area contributed by atoms with E-state index in [-0.39, 0.29) is 17.7 Å². The second-order valence-corrected chi connectivity index (χ2v) is 6.99. The van der Waals surface area contributed by atoms with Crippen LogP contribution in [0.2, 0.25) is 0 Å². The van der Waals surface area contributed by atoms with Crippen LogP contribution in [0.1, 0.15) is 32.0 Å². The van der Waals surface area contributed by atoms with Gasteiger partial charge in [0.15, 0.2) is 5.78 Å². The van der Waals surface area contributed by atoms with Crippen molar-refractivity contribution in [2.75, 3.05) is 19.8 Å². The van der Waals surface area contributed by atoms with E-state index >= 15 is 0 Å². The van der Waals surface area contributed by atoms with Crippen LogP contribution in [0.25, 0.3) is 0 Å². The van der Waals surface area contributed by atoms with Crippen LogP contribution < -0.4 is 0 Å². The van der Waals surface area contributed by atoms with Gasteiger partial charge in [0, 0.05) is 18.3 Å². The zero-order chi connectivity index (χ0) is 15.5. The smallest absolute Gasteiger partial charge is 0.255 e. The first kappa shape index (κ1) is 15.4. The molecule has 0 N–H and O–H groups in total. The molecule has 2 aromatic heterocycles. The van der Waals surface area contributed by atoms with E-state index in [1.54, 1.807) is 4.90 Å². The number of hydrogen-bond donors (Lipinski definition) is 0. The highest BCUT2D eigenvalue weighted by atomic mass is 32.1. The highest BCUT2D eigenvalue weighted by Crippen LogP contribution is 2.22. The van der Waals surface area contributed by atoms with Gasteiger partial charge in [-0.15, -0.1) is 11.3 Å². The molecule has 1 aliphatic rings. The number of carbonyl (C=O) groups is 2. The lowest BCUT2D eigenvalue weighted by atomic mass is 10.1. The van der Waals surface area contributed by atoms with Crippen LogP contribution in [0.5, 0.6) is 0 Å². The van der Waals surface area contributed by atoms with Crippen LogP contribution in [0.15, 0.2) is 28.3 Å². The molecule has 0 saturated carbocycles. The van der Waals surface area contributed by atoms with Gasteiger partial charge in [-0.3, -0.25) is 9.59 Å². The van der Waals surface area contributed by atoms with E-state index in [0.29, 0.717) is 26.2 Å². The molecule has 1 amide bonds. The van der Waals surface area contributed by atoms with Crippen molar-refractivity contribution in [2.24, 2.45) is 0 Å². The van der Waals surface area contributed by atoms with Gasteiger partial charge in [0.1, 0.15) is 0 Å². The van der Waals surface area contributed by atoms with Gasteiger partial charge in [-0.25, -0.2) is 0 Å². The summed E-state index contributed by atoms with van der Waals surface area (Å²) in [6.07, 6.45) is 0.315. The van der Waals surface area contributed by atoms with Crippen molar-refractivity contribution in [2.45, 2.75) is 19.4 Å². The topological polar surface area (TPSA) is 46.6 Å². The van der Waals surface area contributed by atoms with Gasteiger partial charge in [-0.2, -0.15) is 11.3 Å². The highest BCUT2D eigenvalue weighted by molar-refractivity contribution is 7.12. The van der Waals surface area contributed by atoms with Gasteiger partial charge >= 0.3 is 0 Å². The first-order valence-electron chi connectivity index (χ1n) is 7.15. The number of Topliss-reactive ketones (excluding diaryl/α,β-unsaturated/α-hetero) is 1. The number of nitrogens with zero attached hydrogens (tertiary/aromatic N) is 1. The number of aryl methyl sites for hydroxylation is 1. The Morgan fingerprint density at radius 2 is 2.27 bits per heavy atom. The zero-order valence-electron chi connectivity index (χ0n) is 12.3. The Kier molecular flexibility index (Phi) is 4.71. The standard InChI is InChI=1S/C16H17NO3S2/c1-11-9-21-10-13(11)16(19)17-4-5-20-8-12(17)7-14(18)15-3-2-6-22-15/h2-3,6,9-10,12H,4-5,7-8H2,1H3/t12-/m0/s1. The number of rotatable bonds is 4. The number of carbonyl (C=O) groups excluding carboxylic acids is 2. The average Bonchev–Trinajstić information content (AvgIpc) is 3.18. The Balaban J connectivity index is 1.75. The van der Waals surface area contributed by atoms with Crippen molar-refractivity contribution >= 4 is 34.4 Å². The van der Waals surface area contributed by atoms with Gasteiger partial charge in [0.2, 0.25) is 0 Å². The number of ketones is 1. The minimum absolute atomic E-state index is 0.00558. The van der Waals surface area contributed by atoms with Crippen molar-refractivity contribution in [1.82, 2.24) is 4.90 Å². The molecule has 1 aliphatic heterocycles. The van der Waals surface area contributed by atoms with Crippen molar-refractivity contribution in [3.8, 4) is 0 Å². The first-order chi connectivity index (χ1) is 10.7. The molecule has 116 valence electrons. The normalized spacial score (nSPS) is 18.4. The third-order valence-electron chi connectivity index (χ3n) is 3.79. The Bertz CT molecular complexity index is 663. The quantitative estimate of drug-likeness (QED) is 0.806.